The fourth-order valence-corrected chi connectivity index (χ4v) is 3.09. The summed E-state index contributed by atoms with van der Waals surface area (Å²) in [5.74, 6) is 0.602. The maximum absolute atomic E-state index is 13.1. The average molecular weight is 238 g/mol. The largest absolute Gasteiger partial charge is 0.310 e. The van der Waals surface area contributed by atoms with Gasteiger partial charge < -0.3 is 4.90 Å². The van der Waals surface area contributed by atoms with Crippen molar-refractivity contribution in [1.29, 1.82) is 0 Å². The van der Waals surface area contributed by atoms with E-state index < -0.39 is 0 Å². The lowest BCUT2D eigenvalue weighted by atomic mass is 10.2. The maximum atomic E-state index is 13.1. The summed E-state index contributed by atoms with van der Waals surface area (Å²) in [7, 11) is 0. The molecule has 2 aliphatic heterocycles. The Balaban J connectivity index is 2.20. The van der Waals surface area contributed by atoms with Gasteiger partial charge in [0.25, 0.3) is 0 Å². The van der Waals surface area contributed by atoms with E-state index in [4.69, 9.17) is 12.2 Å². The van der Waals surface area contributed by atoms with Gasteiger partial charge >= 0.3 is 0 Å². The van der Waals surface area contributed by atoms with Crippen LogP contribution in [0.25, 0.3) is 0 Å². The normalized spacial score (nSPS) is 18.6. The molecule has 5 heteroatoms. The van der Waals surface area contributed by atoms with Crippen molar-refractivity contribution in [2.45, 2.75) is 4.90 Å². The number of rotatable bonds is 0. The van der Waals surface area contributed by atoms with E-state index in [-0.39, 0.29) is 5.82 Å². The first-order valence-electron chi connectivity index (χ1n) is 4.59. The average Bonchev–Trinajstić information content (AvgIpc) is 2.69. The van der Waals surface area contributed by atoms with Gasteiger partial charge in [-0.3, -0.25) is 4.99 Å². The minimum absolute atomic E-state index is 0.225. The highest BCUT2D eigenvalue weighted by molar-refractivity contribution is 8.23. The number of hydrogen-bond donors (Lipinski definition) is 0. The first-order valence-corrected chi connectivity index (χ1v) is 5.82. The monoisotopic (exact) mass is 238 g/mol. The zero-order valence-electron chi connectivity index (χ0n) is 7.74. The Morgan fingerprint density at radius 3 is 3.20 bits per heavy atom. The Hall–Kier alpha value is -0.940. The summed E-state index contributed by atoms with van der Waals surface area (Å²) in [5, 5.41) is 0. The number of aliphatic imine (C=N–C) groups is 1. The predicted molar refractivity (Wildman–Crippen MR) is 63.0 cm³/mol. The van der Waals surface area contributed by atoms with Gasteiger partial charge in [-0.1, -0.05) is 24.0 Å². The Labute approximate surface area is 96.2 Å². The van der Waals surface area contributed by atoms with Gasteiger partial charge in [-0.2, -0.15) is 0 Å². The van der Waals surface area contributed by atoms with Gasteiger partial charge in [0.15, 0.2) is 0 Å². The van der Waals surface area contributed by atoms with Crippen LogP contribution >= 0.6 is 24.0 Å². The van der Waals surface area contributed by atoms with Crippen molar-refractivity contribution in [3.8, 4) is 0 Å². The molecule has 0 N–H and O–H groups in total. The van der Waals surface area contributed by atoms with Crippen molar-refractivity contribution < 1.29 is 4.39 Å². The summed E-state index contributed by atoms with van der Waals surface area (Å²) in [5.41, 5.74) is 0.867. The number of fused-ring (bicyclic) bond motifs is 3. The van der Waals surface area contributed by atoms with E-state index in [1.165, 1.54) is 23.9 Å². The molecule has 0 saturated carbocycles. The van der Waals surface area contributed by atoms with Gasteiger partial charge in [0.2, 0.25) is 0 Å². The highest BCUT2D eigenvalue weighted by Crippen LogP contribution is 2.34. The van der Waals surface area contributed by atoms with E-state index in [2.05, 4.69) is 4.99 Å². The van der Waals surface area contributed by atoms with Gasteiger partial charge in [-0.25, -0.2) is 4.39 Å². The molecule has 0 unspecified atom stereocenters. The molecule has 0 aromatic heterocycles. The zero-order chi connectivity index (χ0) is 10.4. The molecule has 0 atom stereocenters. The molecule has 2 aliphatic rings. The van der Waals surface area contributed by atoms with Gasteiger partial charge in [0.1, 0.15) is 16.0 Å². The molecular weight excluding hydrogens is 231 g/mol. The molecule has 2 heterocycles. The van der Waals surface area contributed by atoms with Crippen LogP contribution in [0.4, 0.5) is 4.39 Å². The lowest BCUT2D eigenvalue weighted by Gasteiger charge is -2.27. The van der Waals surface area contributed by atoms with E-state index in [9.17, 15) is 4.39 Å². The lowest BCUT2D eigenvalue weighted by Crippen LogP contribution is -2.35. The molecule has 76 valence electrons. The van der Waals surface area contributed by atoms with Crippen molar-refractivity contribution in [2.75, 3.05) is 13.1 Å². The molecule has 0 saturated heterocycles. The van der Waals surface area contributed by atoms with E-state index in [0.717, 1.165) is 33.7 Å². The van der Waals surface area contributed by atoms with Crippen LogP contribution in [0.3, 0.4) is 0 Å². The fraction of sp³-hybridized carbons (Fsp3) is 0.200. The fourth-order valence-electron chi connectivity index (χ4n) is 1.77. The molecule has 15 heavy (non-hydrogen) atoms. The summed E-state index contributed by atoms with van der Waals surface area (Å²) in [6.07, 6.45) is 0. The van der Waals surface area contributed by atoms with E-state index in [1.807, 2.05) is 4.90 Å². The summed E-state index contributed by atoms with van der Waals surface area (Å²) in [4.78, 5) is 7.34. The summed E-state index contributed by atoms with van der Waals surface area (Å²) >= 11 is 6.77. The highest BCUT2D eigenvalue weighted by Gasteiger charge is 2.30. The minimum Gasteiger partial charge on any atom is -0.310 e. The highest BCUT2D eigenvalue weighted by atomic mass is 32.2. The summed E-state index contributed by atoms with van der Waals surface area (Å²) in [6.45, 7) is 1.56. The second-order valence-electron chi connectivity index (χ2n) is 3.37. The van der Waals surface area contributed by atoms with Crippen molar-refractivity contribution in [2.24, 2.45) is 4.99 Å². The third kappa shape index (κ3) is 1.38. The first kappa shape index (κ1) is 9.30. The summed E-state index contributed by atoms with van der Waals surface area (Å²) in [6, 6.07) is 4.75. The molecular formula is C10H7FN2S2. The Kier molecular flexibility index (Phi) is 2.03. The molecule has 1 aromatic carbocycles. The van der Waals surface area contributed by atoms with E-state index >= 15 is 0 Å². The molecule has 0 aliphatic carbocycles. The summed E-state index contributed by atoms with van der Waals surface area (Å²) < 4.78 is 13.9. The SMILES string of the molecule is Fc1ccc2c(c1)C1=NCCN1C(=S)S2. The van der Waals surface area contributed by atoms with Crippen LogP contribution in [0, 0.1) is 5.82 Å². The van der Waals surface area contributed by atoms with Gasteiger partial charge in [0, 0.05) is 17.0 Å². The third-order valence-electron chi connectivity index (χ3n) is 2.44. The van der Waals surface area contributed by atoms with Gasteiger partial charge in [-0.05, 0) is 18.2 Å². The van der Waals surface area contributed by atoms with Crippen LogP contribution in [-0.2, 0) is 0 Å². The first-order chi connectivity index (χ1) is 7.25. The van der Waals surface area contributed by atoms with Crippen molar-refractivity contribution in [3.05, 3.63) is 29.6 Å². The maximum Gasteiger partial charge on any atom is 0.146 e. The second-order valence-corrected chi connectivity index (χ2v) is 5.04. The number of hydrogen-bond acceptors (Lipinski definition) is 3. The number of thioether (sulfide) groups is 1. The van der Waals surface area contributed by atoms with E-state index in [1.54, 1.807) is 6.07 Å². The third-order valence-corrected chi connectivity index (χ3v) is 3.88. The number of thiocarbonyl (C=S) groups is 1. The molecule has 0 amide bonds. The van der Waals surface area contributed by atoms with Gasteiger partial charge in [0.05, 0.1) is 6.54 Å². The molecule has 0 fully saturated rings. The number of benzene rings is 1. The number of nitrogens with zero attached hydrogens (tertiary/aromatic N) is 2. The van der Waals surface area contributed by atoms with Crippen molar-refractivity contribution in [3.63, 3.8) is 0 Å². The molecule has 3 rings (SSSR count). The predicted octanol–water partition coefficient (Wildman–Crippen LogP) is 2.28. The molecule has 0 radical (unpaired) electrons. The van der Waals surface area contributed by atoms with Crippen LogP contribution in [0.5, 0.6) is 0 Å². The van der Waals surface area contributed by atoms with Gasteiger partial charge in [-0.15, -0.1) is 0 Å². The topological polar surface area (TPSA) is 15.6 Å². The second kappa shape index (κ2) is 3.28. The molecule has 1 aromatic rings. The van der Waals surface area contributed by atoms with Crippen molar-refractivity contribution in [1.82, 2.24) is 4.90 Å². The van der Waals surface area contributed by atoms with Crippen LogP contribution in [0.2, 0.25) is 0 Å². The number of amidine groups is 1. The molecule has 0 spiro atoms. The van der Waals surface area contributed by atoms with Crippen LogP contribution in [0.15, 0.2) is 28.1 Å². The quantitative estimate of drug-likeness (QED) is 0.645. The van der Waals surface area contributed by atoms with Crippen molar-refractivity contribution >= 4 is 34.1 Å². The minimum atomic E-state index is -0.225. The lowest BCUT2D eigenvalue weighted by molar-refractivity contribution is 0.624. The Morgan fingerprint density at radius 1 is 1.47 bits per heavy atom. The number of halogens is 1. The Bertz CT molecular complexity index is 484. The van der Waals surface area contributed by atoms with Crippen LogP contribution in [0.1, 0.15) is 5.56 Å². The zero-order valence-corrected chi connectivity index (χ0v) is 9.37. The van der Waals surface area contributed by atoms with E-state index in [0.29, 0.717) is 0 Å². The molecule has 2 nitrogen and oxygen atoms in total. The Morgan fingerprint density at radius 2 is 2.33 bits per heavy atom. The van der Waals surface area contributed by atoms with Crippen LogP contribution in [-0.4, -0.2) is 28.1 Å². The standard InChI is InChI=1S/C10H7FN2S2/c11-6-1-2-8-7(5-6)9-12-3-4-13(9)10(14)15-8/h1-2,5H,3-4H2. The smallest absolute Gasteiger partial charge is 0.146 e. The van der Waals surface area contributed by atoms with Crippen LogP contribution < -0.4 is 0 Å². The molecule has 0 bridgehead atoms.